The molecule has 2 heteroatoms. The molecular formula is C11H15NO. The number of hydrogen-bond acceptors (Lipinski definition) is 2. The molecule has 1 heterocycles. The van der Waals surface area contributed by atoms with E-state index in [0.717, 1.165) is 32.2 Å². The first-order valence-corrected chi connectivity index (χ1v) is 4.77. The van der Waals surface area contributed by atoms with Crippen molar-refractivity contribution in [2.75, 3.05) is 19.7 Å². The molecule has 1 saturated heterocycles. The number of nitrogens with one attached hydrogen (secondary N) is 1. The molecule has 1 N–H and O–H groups in total. The SMILES string of the molecule is c1ccc(COCC2CNC2)cc1. The molecule has 1 aromatic carbocycles. The largest absolute Gasteiger partial charge is 0.376 e. The maximum absolute atomic E-state index is 5.58. The zero-order valence-electron chi connectivity index (χ0n) is 7.70. The van der Waals surface area contributed by atoms with Gasteiger partial charge in [0.05, 0.1) is 13.2 Å². The Balaban J connectivity index is 1.67. The summed E-state index contributed by atoms with van der Waals surface area (Å²) in [6.07, 6.45) is 0. The first-order chi connectivity index (χ1) is 6.45. The van der Waals surface area contributed by atoms with Gasteiger partial charge < -0.3 is 10.1 Å². The van der Waals surface area contributed by atoms with Gasteiger partial charge in [-0.05, 0) is 5.56 Å². The van der Waals surface area contributed by atoms with Crippen LogP contribution in [0.5, 0.6) is 0 Å². The summed E-state index contributed by atoms with van der Waals surface area (Å²) in [4.78, 5) is 0. The molecule has 1 fully saturated rings. The molecule has 0 radical (unpaired) electrons. The molecule has 2 rings (SSSR count). The Bertz CT molecular complexity index is 244. The summed E-state index contributed by atoms with van der Waals surface area (Å²) in [7, 11) is 0. The number of rotatable bonds is 4. The van der Waals surface area contributed by atoms with Crippen molar-refractivity contribution in [1.82, 2.24) is 5.32 Å². The summed E-state index contributed by atoms with van der Waals surface area (Å²) in [5.41, 5.74) is 1.26. The minimum Gasteiger partial charge on any atom is -0.376 e. The molecular weight excluding hydrogens is 162 g/mol. The summed E-state index contributed by atoms with van der Waals surface area (Å²) in [5.74, 6) is 0.740. The van der Waals surface area contributed by atoms with Crippen molar-refractivity contribution in [2.24, 2.45) is 5.92 Å². The van der Waals surface area contributed by atoms with Crippen LogP contribution < -0.4 is 5.32 Å². The summed E-state index contributed by atoms with van der Waals surface area (Å²) in [6.45, 7) is 3.88. The molecule has 1 aromatic rings. The molecule has 0 bridgehead atoms. The van der Waals surface area contributed by atoms with Crippen LogP contribution in [0.25, 0.3) is 0 Å². The van der Waals surface area contributed by atoms with Crippen molar-refractivity contribution in [3.05, 3.63) is 35.9 Å². The van der Waals surface area contributed by atoms with E-state index in [1.807, 2.05) is 18.2 Å². The highest BCUT2D eigenvalue weighted by Gasteiger charge is 2.15. The molecule has 0 spiro atoms. The van der Waals surface area contributed by atoms with Gasteiger partial charge >= 0.3 is 0 Å². The Labute approximate surface area is 78.9 Å². The predicted octanol–water partition coefficient (Wildman–Crippen LogP) is 1.42. The molecule has 1 aliphatic heterocycles. The van der Waals surface area contributed by atoms with Gasteiger partial charge in [0, 0.05) is 19.0 Å². The van der Waals surface area contributed by atoms with E-state index in [1.165, 1.54) is 5.56 Å². The van der Waals surface area contributed by atoms with E-state index in [-0.39, 0.29) is 0 Å². The highest BCUT2D eigenvalue weighted by Crippen LogP contribution is 2.06. The van der Waals surface area contributed by atoms with Crippen molar-refractivity contribution in [2.45, 2.75) is 6.61 Å². The quantitative estimate of drug-likeness (QED) is 0.751. The first kappa shape index (κ1) is 8.73. The lowest BCUT2D eigenvalue weighted by molar-refractivity contribution is 0.0689. The Morgan fingerprint density at radius 1 is 1.23 bits per heavy atom. The number of hydrogen-bond donors (Lipinski definition) is 1. The van der Waals surface area contributed by atoms with Crippen molar-refractivity contribution in [3.8, 4) is 0 Å². The topological polar surface area (TPSA) is 21.3 Å². The fraction of sp³-hybridized carbons (Fsp3) is 0.455. The minimum atomic E-state index is 0.740. The van der Waals surface area contributed by atoms with Crippen LogP contribution in [0.3, 0.4) is 0 Å². The second-order valence-electron chi connectivity index (χ2n) is 3.53. The number of benzene rings is 1. The molecule has 0 amide bonds. The van der Waals surface area contributed by atoms with Crippen molar-refractivity contribution < 1.29 is 4.74 Å². The van der Waals surface area contributed by atoms with E-state index in [1.54, 1.807) is 0 Å². The average Bonchev–Trinajstić information content (AvgIpc) is 2.11. The lowest BCUT2D eigenvalue weighted by atomic mass is 10.1. The van der Waals surface area contributed by atoms with Crippen LogP contribution in [-0.4, -0.2) is 19.7 Å². The zero-order valence-corrected chi connectivity index (χ0v) is 7.70. The van der Waals surface area contributed by atoms with Crippen molar-refractivity contribution >= 4 is 0 Å². The second-order valence-corrected chi connectivity index (χ2v) is 3.53. The minimum absolute atomic E-state index is 0.740. The lowest BCUT2D eigenvalue weighted by Gasteiger charge is -2.26. The normalized spacial score (nSPS) is 16.9. The summed E-state index contributed by atoms with van der Waals surface area (Å²) in [5, 5.41) is 3.23. The average molecular weight is 177 g/mol. The Hall–Kier alpha value is -0.860. The monoisotopic (exact) mass is 177 g/mol. The van der Waals surface area contributed by atoms with Gasteiger partial charge in [0.25, 0.3) is 0 Å². The van der Waals surface area contributed by atoms with Crippen LogP contribution in [0.15, 0.2) is 30.3 Å². The van der Waals surface area contributed by atoms with Crippen LogP contribution in [0.1, 0.15) is 5.56 Å². The summed E-state index contributed by atoms with van der Waals surface area (Å²) >= 11 is 0. The maximum atomic E-state index is 5.58. The number of ether oxygens (including phenoxy) is 1. The van der Waals surface area contributed by atoms with Crippen LogP contribution in [0.2, 0.25) is 0 Å². The fourth-order valence-electron chi connectivity index (χ4n) is 1.38. The Kier molecular flexibility index (Phi) is 2.95. The lowest BCUT2D eigenvalue weighted by Crippen LogP contribution is -2.44. The van der Waals surface area contributed by atoms with E-state index < -0.39 is 0 Å². The van der Waals surface area contributed by atoms with E-state index in [0.29, 0.717) is 0 Å². The molecule has 0 aromatic heterocycles. The van der Waals surface area contributed by atoms with Gasteiger partial charge in [0.1, 0.15) is 0 Å². The van der Waals surface area contributed by atoms with Gasteiger partial charge in [0.2, 0.25) is 0 Å². The molecule has 0 saturated carbocycles. The third-order valence-electron chi connectivity index (χ3n) is 2.33. The van der Waals surface area contributed by atoms with Crippen LogP contribution in [0.4, 0.5) is 0 Å². The van der Waals surface area contributed by atoms with Gasteiger partial charge in [-0.15, -0.1) is 0 Å². The summed E-state index contributed by atoms with van der Waals surface area (Å²) < 4.78 is 5.58. The third-order valence-corrected chi connectivity index (χ3v) is 2.33. The molecule has 13 heavy (non-hydrogen) atoms. The first-order valence-electron chi connectivity index (χ1n) is 4.77. The fourth-order valence-corrected chi connectivity index (χ4v) is 1.38. The maximum Gasteiger partial charge on any atom is 0.0717 e. The van der Waals surface area contributed by atoms with Crippen molar-refractivity contribution in [1.29, 1.82) is 0 Å². The highest BCUT2D eigenvalue weighted by atomic mass is 16.5. The smallest absolute Gasteiger partial charge is 0.0717 e. The standard InChI is InChI=1S/C11H15NO/c1-2-4-10(5-3-1)8-13-9-11-6-12-7-11/h1-5,11-12H,6-9H2. The van der Waals surface area contributed by atoms with Crippen LogP contribution in [0, 0.1) is 5.92 Å². The van der Waals surface area contributed by atoms with Gasteiger partial charge in [-0.2, -0.15) is 0 Å². The highest BCUT2D eigenvalue weighted by molar-refractivity contribution is 5.13. The molecule has 2 nitrogen and oxygen atoms in total. The Morgan fingerprint density at radius 2 is 2.00 bits per heavy atom. The molecule has 0 atom stereocenters. The van der Waals surface area contributed by atoms with E-state index in [4.69, 9.17) is 4.74 Å². The van der Waals surface area contributed by atoms with Crippen LogP contribution in [-0.2, 0) is 11.3 Å². The Morgan fingerprint density at radius 3 is 2.62 bits per heavy atom. The van der Waals surface area contributed by atoms with Crippen molar-refractivity contribution in [3.63, 3.8) is 0 Å². The predicted molar refractivity (Wildman–Crippen MR) is 52.5 cm³/mol. The van der Waals surface area contributed by atoms with Crippen LogP contribution >= 0.6 is 0 Å². The molecule has 70 valence electrons. The van der Waals surface area contributed by atoms with Gasteiger partial charge in [-0.3, -0.25) is 0 Å². The van der Waals surface area contributed by atoms with Gasteiger partial charge in [-0.1, -0.05) is 30.3 Å². The third kappa shape index (κ3) is 2.54. The van der Waals surface area contributed by atoms with E-state index in [9.17, 15) is 0 Å². The molecule has 1 aliphatic rings. The summed E-state index contributed by atoms with van der Waals surface area (Å²) in [6, 6.07) is 10.3. The zero-order chi connectivity index (χ0) is 8.93. The van der Waals surface area contributed by atoms with Gasteiger partial charge in [0.15, 0.2) is 0 Å². The second kappa shape index (κ2) is 4.40. The van der Waals surface area contributed by atoms with Gasteiger partial charge in [-0.25, -0.2) is 0 Å². The van der Waals surface area contributed by atoms with E-state index in [2.05, 4.69) is 17.4 Å². The molecule has 0 unspecified atom stereocenters. The molecule has 0 aliphatic carbocycles. The van der Waals surface area contributed by atoms with E-state index >= 15 is 0 Å².